The summed E-state index contributed by atoms with van der Waals surface area (Å²) in [5.74, 6) is 0. The van der Waals surface area contributed by atoms with Gasteiger partial charge in [-0.2, -0.15) is 0 Å². The van der Waals surface area contributed by atoms with Crippen molar-refractivity contribution in [2.24, 2.45) is 0 Å². The van der Waals surface area contributed by atoms with E-state index in [1.807, 2.05) is 13.8 Å². The topological polar surface area (TPSA) is 32.7 Å². The molecule has 0 amide bonds. The standard InChI is InChI=1S/C20H31NO2/c1-6-9-18-20(4,5)16-10-7-8-11-17(16)21(18)13-15-23-19(2,3)12-14-22/h7-11,22H,6,12-15H2,1-5H3/b18-9+. The predicted molar refractivity (Wildman–Crippen MR) is 96.9 cm³/mol. The van der Waals surface area contributed by atoms with E-state index in [0.717, 1.165) is 13.0 Å². The van der Waals surface area contributed by atoms with E-state index < -0.39 is 0 Å². The summed E-state index contributed by atoms with van der Waals surface area (Å²) in [5, 5.41) is 9.12. The molecule has 0 spiro atoms. The molecule has 1 aliphatic heterocycles. The normalized spacial score (nSPS) is 18.5. The third-order valence-electron chi connectivity index (χ3n) is 4.72. The number of benzene rings is 1. The van der Waals surface area contributed by atoms with Crippen molar-refractivity contribution in [2.45, 2.75) is 58.5 Å². The summed E-state index contributed by atoms with van der Waals surface area (Å²) < 4.78 is 6.01. The fourth-order valence-corrected chi connectivity index (χ4v) is 3.40. The summed E-state index contributed by atoms with van der Waals surface area (Å²) in [6.07, 6.45) is 4.02. The molecule has 0 atom stereocenters. The molecule has 0 aromatic heterocycles. The van der Waals surface area contributed by atoms with Gasteiger partial charge in [-0.05, 0) is 38.3 Å². The molecule has 0 bridgehead atoms. The summed E-state index contributed by atoms with van der Waals surface area (Å²) in [4.78, 5) is 2.40. The molecule has 3 heteroatoms. The van der Waals surface area contributed by atoms with Gasteiger partial charge in [0.05, 0.1) is 12.2 Å². The van der Waals surface area contributed by atoms with E-state index in [1.54, 1.807) is 0 Å². The monoisotopic (exact) mass is 317 g/mol. The zero-order valence-corrected chi connectivity index (χ0v) is 15.2. The number of hydrogen-bond acceptors (Lipinski definition) is 3. The van der Waals surface area contributed by atoms with Gasteiger partial charge in [0.15, 0.2) is 0 Å². The average Bonchev–Trinajstić information content (AvgIpc) is 2.69. The minimum Gasteiger partial charge on any atom is -0.396 e. The largest absolute Gasteiger partial charge is 0.396 e. The lowest BCUT2D eigenvalue weighted by molar-refractivity contribution is -0.0287. The summed E-state index contributed by atoms with van der Waals surface area (Å²) in [6, 6.07) is 8.66. The van der Waals surface area contributed by atoms with Crippen LogP contribution in [0.4, 0.5) is 5.69 Å². The minimum absolute atomic E-state index is 0.0349. The molecular weight excluding hydrogens is 286 g/mol. The molecule has 0 saturated heterocycles. The third kappa shape index (κ3) is 3.78. The van der Waals surface area contributed by atoms with E-state index in [9.17, 15) is 0 Å². The van der Waals surface area contributed by atoms with Crippen molar-refractivity contribution in [1.82, 2.24) is 0 Å². The highest BCUT2D eigenvalue weighted by molar-refractivity contribution is 5.70. The summed E-state index contributed by atoms with van der Waals surface area (Å²) >= 11 is 0. The first kappa shape index (κ1) is 18.0. The fraction of sp³-hybridized carbons (Fsp3) is 0.600. The Hall–Kier alpha value is -1.32. The van der Waals surface area contributed by atoms with Crippen molar-refractivity contribution in [3.63, 3.8) is 0 Å². The van der Waals surface area contributed by atoms with Gasteiger partial charge in [-0.1, -0.05) is 45.0 Å². The number of aliphatic hydroxyl groups excluding tert-OH is 1. The molecule has 1 aromatic rings. The number of aliphatic hydroxyl groups is 1. The predicted octanol–water partition coefficient (Wildman–Crippen LogP) is 4.26. The molecule has 0 unspecified atom stereocenters. The van der Waals surface area contributed by atoms with Gasteiger partial charge in [0.2, 0.25) is 0 Å². The second-order valence-corrected chi connectivity index (χ2v) is 7.37. The molecule has 3 nitrogen and oxygen atoms in total. The van der Waals surface area contributed by atoms with Crippen LogP contribution in [-0.4, -0.2) is 30.5 Å². The Labute approximate surface area is 141 Å². The number of anilines is 1. The van der Waals surface area contributed by atoms with Crippen molar-refractivity contribution in [2.75, 3.05) is 24.7 Å². The first-order valence-electron chi connectivity index (χ1n) is 8.66. The van der Waals surface area contributed by atoms with Crippen molar-refractivity contribution < 1.29 is 9.84 Å². The highest BCUT2D eigenvalue weighted by Gasteiger charge is 2.39. The molecule has 2 rings (SSSR count). The van der Waals surface area contributed by atoms with Crippen molar-refractivity contribution in [3.8, 4) is 0 Å². The van der Waals surface area contributed by atoms with Gasteiger partial charge in [0.25, 0.3) is 0 Å². The second kappa shape index (κ2) is 7.06. The highest BCUT2D eigenvalue weighted by Crippen LogP contribution is 2.47. The lowest BCUT2D eigenvalue weighted by Gasteiger charge is -2.30. The molecule has 0 aliphatic carbocycles. The molecule has 0 radical (unpaired) electrons. The summed E-state index contributed by atoms with van der Waals surface area (Å²) in [6.45, 7) is 12.5. The van der Waals surface area contributed by atoms with Crippen LogP contribution < -0.4 is 4.90 Å². The Balaban J connectivity index is 2.18. The Kier molecular flexibility index (Phi) is 5.53. The fourth-order valence-electron chi connectivity index (χ4n) is 3.40. The lowest BCUT2D eigenvalue weighted by atomic mass is 9.83. The number of allylic oxidation sites excluding steroid dienone is 2. The number of ether oxygens (including phenoxy) is 1. The number of nitrogens with zero attached hydrogens (tertiary/aromatic N) is 1. The van der Waals surface area contributed by atoms with Crippen LogP contribution in [0.3, 0.4) is 0 Å². The van der Waals surface area contributed by atoms with E-state index in [4.69, 9.17) is 9.84 Å². The van der Waals surface area contributed by atoms with Gasteiger partial charge in [0.1, 0.15) is 0 Å². The van der Waals surface area contributed by atoms with Crippen molar-refractivity contribution in [1.29, 1.82) is 0 Å². The van der Waals surface area contributed by atoms with Crippen LogP contribution in [0.1, 0.15) is 53.0 Å². The maximum atomic E-state index is 9.12. The quantitative estimate of drug-likeness (QED) is 0.816. The van der Waals surface area contributed by atoms with Crippen LogP contribution in [0.25, 0.3) is 0 Å². The van der Waals surface area contributed by atoms with E-state index in [-0.39, 0.29) is 17.6 Å². The number of hydrogen-bond donors (Lipinski definition) is 1. The van der Waals surface area contributed by atoms with Crippen LogP contribution in [0.15, 0.2) is 36.0 Å². The molecule has 1 N–H and O–H groups in total. The first-order chi connectivity index (χ1) is 10.8. The molecule has 23 heavy (non-hydrogen) atoms. The second-order valence-electron chi connectivity index (χ2n) is 7.37. The van der Waals surface area contributed by atoms with Crippen molar-refractivity contribution >= 4 is 5.69 Å². The summed E-state index contributed by atoms with van der Waals surface area (Å²) in [5.41, 5.74) is 3.80. The molecule has 0 fully saturated rings. The Morgan fingerprint density at radius 2 is 1.96 bits per heavy atom. The maximum absolute atomic E-state index is 9.12. The SMILES string of the molecule is CC/C=C1/N(CCOC(C)(C)CCO)c2ccccc2C1(C)C. The van der Waals surface area contributed by atoms with Gasteiger partial charge in [0, 0.05) is 30.0 Å². The Morgan fingerprint density at radius 3 is 2.61 bits per heavy atom. The van der Waals surface area contributed by atoms with Gasteiger partial charge < -0.3 is 14.7 Å². The molecule has 128 valence electrons. The molecule has 0 saturated carbocycles. The van der Waals surface area contributed by atoms with Gasteiger partial charge >= 0.3 is 0 Å². The van der Waals surface area contributed by atoms with Crippen LogP contribution >= 0.6 is 0 Å². The lowest BCUT2D eigenvalue weighted by Crippen LogP contribution is -2.33. The van der Waals surface area contributed by atoms with Crippen LogP contribution in [0.5, 0.6) is 0 Å². The van der Waals surface area contributed by atoms with Gasteiger partial charge in [-0.25, -0.2) is 0 Å². The molecular formula is C20H31NO2. The van der Waals surface area contributed by atoms with Crippen molar-refractivity contribution in [3.05, 3.63) is 41.6 Å². The third-order valence-corrected chi connectivity index (χ3v) is 4.72. The number of para-hydroxylation sites is 1. The van der Waals surface area contributed by atoms with Crippen LogP contribution in [0.2, 0.25) is 0 Å². The van der Waals surface area contributed by atoms with E-state index in [1.165, 1.54) is 16.9 Å². The molecule has 1 aliphatic rings. The molecule has 1 aromatic carbocycles. The number of rotatable bonds is 7. The zero-order valence-electron chi connectivity index (χ0n) is 15.2. The van der Waals surface area contributed by atoms with Gasteiger partial charge in [-0.15, -0.1) is 0 Å². The molecule has 1 heterocycles. The zero-order chi connectivity index (χ0) is 17.1. The average molecular weight is 317 g/mol. The smallest absolute Gasteiger partial charge is 0.0653 e. The Morgan fingerprint density at radius 1 is 1.26 bits per heavy atom. The van der Waals surface area contributed by atoms with Crippen LogP contribution in [0, 0.1) is 0 Å². The van der Waals surface area contributed by atoms with Gasteiger partial charge in [-0.3, -0.25) is 0 Å². The van der Waals surface area contributed by atoms with E-state index in [2.05, 4.69) is 56.0 Å². The van der Waals surface area contributed by atoms with Crippen LogP contribution in [-0.2, 0) is 10.2 Å². The highest BCUT2D eigenvalue weighted by atomic mass is 16.5. The Bertz CT molecular complexity index is 561. The minimum atomic E-state index is -0.280. The number of fused-ring (bicyclic) bond motifs is 1. The summed E-state index contributed by atoms with van der Waals surface area (Å²) in [7, 11) is 0. The van der Waals surface area contributed by atoms with E-state index >= 15 is 0 Å². The maximum Gasteiger partial charge on any atom is 0.0653 e. The first-order valence-corrected chi connectivity index (χ1v) is 8.66. The van der Waals surface area contributed by atoms with E-state index in [0.29, 0.717) is 13.0 Å².